The first-order chi connectivity index (χ1) is 8.22. The summed E-state index contributed by atoms with van der Waals surface area (Å²) in [6, 6.07) is 8.58. The van der Waals surface area contributed by atoms with Gasteiger partial charge in [0.25, 0.3) is 0 Å². The van der Waals surface area contributed by atoms with Crippen LogP contribution >= 0.6 is 11.8 Å². The lowest BCUT2D eigenvalue weighted by molar-refractivity contribution is -0.125. The summed E-state index contributed by atoms with van der Waals surface area (Å²) < 4.78 is 0. The number of fused-ring (bicyclic) bond motifs is 1. The second kappa shape index (κ2) is 5.58. The number of rotatable bonds is 3. The highest BCUT2D eigenvalue weighted by atomic mass is 32.2. The minimum Gasteiger partial charge on any atom is -0.349 e. The monoisotopic (exact) mass is 249 g/mol. The fourth-order valence-electron chi connectivity index (χ4n) is 1.99. The van der Waals surface area contributed by atoms with Gasteiger partial charge < -0.3 is 5.32 Å². The molecule has 17 heavy (non-hydrogen) atoms. The highest BCUT2D eigenvalue weighted by Crippen LogP contribution is 2.35. The average Bonchev–Trinajstić information content (AvgIpc) is 2.38. The molecule has 92 valence electrons. The number of thioether (sulfide) groups is 1. The number of hydrogen-bond acceptors (Lipinski definition) is 2. The van der Waals surface area contributed by atoms with E-state index in [0.29, 0.717) is 0 Å². The van der Waals surface area contributed by atoms with Crippen LogP contribution in [0.3, 0.4) is 0 Å². The van der Waals surface area contributed by atoms with Crippen molar-refractivity contribution < 1.29 is 4.79 Å². The third kappa shape index (κ3) is 2.83. The molecule has 1 amide bonds. The second-order valence-electron chi connectivity index (χ2n) is 4.55. The van der Waals surface area contributed by atoms with Crippen LogP contribution in [0.1, 0.15) is 38.3 Å². The van der Waals surface area contributed by atoms with Crippen molar-refractivity contribution in [1.29, 1.82) is 0 Å². The second-order valence-corrected chi connectivity index (χ2v) is 5.68. The molecule has 1 aliphatic heterocycles. The number of carbonyl (C=O) groups is 1. The minimum absolute atomic E-state index is 0.108. The molecule has 0 saturated carbocycles. The molecule has 2 unspecified atom stereocenters. The Hall–Kier alpha value is -0.960. The fourth-order valence-corrected chi connectivity index (χ4v) is 3.12. The van der Waals surface area contributed by atoms with Crippen LogP contribution in [0.25, 0.3) is 0 Å². The van der Waals surface area contributed by atoms with E-state index in [0.717, 1.165) is 18.6 Å². The van der Waals surface area contributed by atoms with Crippen LogP contribution in [-0.4, -0.2) is 11.7 Å². The molecule has 0 saturated heterocycles. The van der Waals surface area contributed by atoms with Gasteiger partial charge in [-0.25, -0.2) is 0 Å². The van der Waals surface area contributed by atoms with E-state index in [1.165, 1.54) is 10.5 Å². The number of hydrogen-bond donors (Lipinski definition) is 1. The van der Waals surface area contributed by atoms with Gasteiger partial charge in [0.1, 0.15) is 0 Å². The molecular formula is C14H19NOS. The van der Waals surface area contributed by atoms with Gasteiger partial charge in [0.05, 0.1) is 6.04 Å². The zero-order chi connectivity index (χ0) is 12.3. The number of amides is 1. The van der Waals surface area contributed by atoms with Crippen LogP contribution in [-0.2, 0) is 4.79 Å². The summed E-state index contributed by atoms with van der Waals surface area (Å²) in [5, 5.41) is 3.17. The SMILES string of the molecule is CCC(C)C(=O)NC1CCSc2ccccc21. The molecule has 1 aliphatic rings. The molecule has 0 spiro atoms. The van der Waals surface area contributed by atoms with Crippen molar-refractivity contribution in [3.05, 3.63) is 29.8 Å². The third-order valence-electron chi connectivity index (χ3n) is 3.33. The standard InChI is InChI=1S/C14H19NOS/c1-3-10(2)14(16)15-12-8-9-17-13-7-5-4-6-11(12)13/h4-7,10,12H,3,8-9H2,1-2H3,(H,15,16). The lowest BCUT2D eigenvalue weighted by Crippen LogP contribution is -2.34. The van der Waals surface area contributed by atoms with Crippen molar-refractivity contribution in [3.8, 4) is 0 Å². The van der Waals surface area contributed by atoms with Crippen molar-refractivity contribution in [3.63, 3.8) is 0 Å². The maximum Gasteiger partial charge on any atom is 0.223 e. The Labute approximate surface area is 107 Å². The predicted molar refractivity (Wildman–Crippen MR) is 72.1 cm³/mol. The molecule has 2 nitrogen and oxygen atoms in total. The molecular weight excluding hydrogens is 230 g/mol. The van der Waals surface area contributed by atoms with Crippen molar-refractivity contribution in [2.24, 2.45) is 5.92 Å². The lowest BCUT2D eigenvalue weighted by atomic mass is 10.0. The van der Waals surface area contributed by atoms with Crippen molar-refractivity contribution in [1.82, 2.24) is 5.32 Å². The van der Waals surface area contributed by atoms with E-state index in [-0.39, 0.29) is 17.9 Å². The van der Waals surface area contributed by atoms with Crippen LogP contribution in [0.5, 0.6) is 0 Å². The van der Waals surface area contributed by atoms with Crippen LogP contribution in [0.4, 0.5) is 0 Å². The number of benzene rings is 1. The van der Waals surface area contributed by atoms with Gasteiger partial charge in [0.15, 0.2) is 0 Å². The average molecular weight is 249 g/mol. The van der Waals surface area contributed by atoms with Gasteiger partial charge in [-0.1, -0.05) is 32.0 Å². The zero-order valence-electron chi connectivity index (χ0n) is 10.4. The summed E-state index contributed by atoms with van der Waals surface area (Å²) in [7, 11) is 0. The molecule has 0 bridgehead atoms. The Morgan fingerprint density at radius 1 is 1.53 bits per heavy atom. The summed E-state index contributed by atoms with van der Waals surface area (Å²) in [5.41, 5.74) is 1.28. The number of nitrogens with one attached hydrogen (secondary N) is 1. The quantitative estimate of drug-likeness (QED) is 0.889. The molecule has 0 aromatic heterocycles. The van der Waals surface area contributed by atoms with E-state index in [4.69, 9.17) is 0 Å². The van der Waals surface area contributed by atoms with Gasteiger partial charge in [-0.2, -0.15) is 0 Å². The molecule has 0 radical (unpaired) electrons. The van der Waals surface area contributed by atoms with E-state index in [9.17, 15) is 4.79 Å². The lowest BCUT2D eigenvalue weighted by Gasteiger charge is -2.26. The Kier molecular flexibility index (Phi) is 4.11. The highest BCUT2D eigenvalue weighted by Gasteiger charge is 2.23. The summed E-state index contributed by atoms with van der Waals surface area (Å²) in [5.74, 6) is 1.37. The molecule has 3 heteroatoms. The minimum atomic E-state index is 0.108. The first kappa shape index (κ1) is 12.5. The van der Waals surface area contributed by atoms with Crippen molar-refractivity contribution in [2.75, 3.05) is 5.75 Å². The van der Waals surface area contributed by atoms with Crippen LogP contribution in [0.15, 0.2) is 29.2 Å². The summed E-state index contributed by atoms with van der Waals surface area (Å²) >= 11 is 1.88. The predicted octanol–water partition coefficient (Wildman–Crippen LogP) is 3.39. The van der Waals surface area contributed by atoms with Crippen LogP contribution in [0, 0.1) is 5.92 Å². The Bertz CT molecular complexity index is 405. The Morgan fingerprint density at radius 2 is 2.29 bits per heavy atom. The first-order valence-electron chi connectivity index (χ1n) is 6.24. The van der Waals surface area contributed by atoms with Gasteiger partial charge in [-0.3, -0.25) is 4.79 Å². The maximum absolute atomic E-state index is 11.9. The van der Waals surface area contributed by atoms with Gasteiger partial charge in [0.2, 0.25) is 5.91 Å². The molecule has 1 aromatic carbocycles. The van der Waals surface area contributed by atoms with Crippen LogP contribution in [0.2, 0.25) is 0 Å². The van der Waals surface area contributed by atoms with Crippen molar-refractivity contribution in [2.45, 2.75) is 37.6 Å². The highest BCUT2D eigenvalue weighted by molar-refractivity contribution is 7.99. The van der Waals surface area contributed by atoms with Gasteiger partial charge in [-0.05, 0) is 24.5 Å². The number of carbonyl (C=O) groups excluding carboxylic acids is 1. The molecule has 1 N–H and O–H groups in total. The van der Waals surface area contributed by atoms with Crippen molar-refractivity contribution >= 4 is 17.7 Å². The zero-order valence-corrected chi connectivity index (χ0v) is 11.2. The van der Waals surface area contributed by atoms with E-state index in [2.05, 4.69) is 30.4 Å². The first-order valence-corrected chi connectivity index (χ1v) is 7.23. The Morgan fingerprint density at radius 3 is 3.06 bits per heavy atom. The largest absolute Gasteiger partial charge is 0.349 e. The third-order valence-corrected chi connectivity index (χ3v) is 4.46. The summed E-state index contributed by atoms with van der Waals surface area (Å²) in [6.45, 7) is 4.04. The van der Waals surface area contributed by atoms with Gasteiger partial charge >= 0.3 is 0 Å². The molecule has 1 heterocycles. The van der Waals surface area contributed by atoms with E-state index < -0.39 is 0 Å². The normalized spacial score (nSPS) is 20.5. The molecule has 2 rings (SSSR count). The topological polar surface area (TPSA) is 29.1 Å². The molecule has 0 aliphatic carbocycles. The van der Waals surface area contributed by atoms with E-state index >= 15 is 0 Å². The summed E-state index contributed by atoms with van der Waals surface area (Å²) in [6.07, 6.45) is 1.93. The smallest absolute Gasteiger partial charge is 0.223 e. The Balaban J connectivity index is 2.11. The van der Waals surface area contributed by atoms with Gasteiger partial charge in [-0.15, -0.1) is 11.8 Å². The summed E-state index contributed by atoms with van der Waals surface area (Å²) in [4.78, 5) is 13.2. The van der Waals surface area contributed by atoms with E-state index in [1.54, 1.807) is 0 Å². The fraction of sp³-hybridized carbons (Fsp3) is 0.500. The molecule has 2 atom stereocenters. The maximum atomic E-state index is 11.9. The van der Waals surface area contributed by atoms with E-state index in [1.807, 2.05) is 24.8 Å². The molecule has 1 aromatic rings. The molecule has 0 fully saturated rings. The van der Waals surface area contributed by atoms with Crippen LogP contribution < -0.4 is 5.32 Å². The van der Waals surface area contributed by atoms with Gasteiger partial charge in [0, 0.05) is 16.6 Å².